The Morgan fingerprint density at radius 3 is 0.940 bits per heavy atom. The molecule has 21 heteroatoms. The second-order valence-electron chi connectivity index (χ2n) is 9.80. The summed E-state index contributed by atoms with van der Waals surface area (Å²) in [5.41, 5.74) is 5.31. The van der Waals surface area contributed by atoms with E-state index in [1.54, 1.807) is 5.32 Å². The van der Waals surface area contributed by atoms with Gasteiger partial charge in [0.15, 0.2) is 0 Å². The number of rotatable bonds is 39. The summed E-state index contributed by atoms with van der Waals surface area (Å²) in [7, 11) is 0. The zero-order valence-corrected chi connectivity index (χ0v) is 28.6. The van der Waals surface area contributed by atoms with Gasteiger partial charge in [-0.15, -0.1) is 0 Å². The van der Waals surface area contributed by atoms with Crippen molar-refractivity contribution in [2.24, 2.45) is 5.73 Å². The van der Waals surface area contributed by atoms with Crippen molar-refractivity contribution in [1.82, 2.24) is 5.32 Å². The van der Waals surface area contributed by atoms with Crippen LogP contribution in [0.5, 0.6) is 0 Å². The number of alkyl halides is 6. The fourth-order valence-electron chi connectivity index (χ4n) is 3.02. The van der Waals surface area contributed by atoms with Crippen molar-refractivity contribution in [3.05, 3.63) is 0 Å². The van der Waals surface area contributed by atoms with E-state index < -0.39 is 30.6 Å². The molecule has 0 rings (SSSR count). The first kappa shape index (κ1) is 48.5. The van der Waals surface area contributed by atoms with E-state index in [2.05, 4.69) is 4.74 Å². The summed E-state index contributed by atoms with van der Waals surface area (Å²) in [6.45, 7) is 7.70. The number of hydrogen-bond donors (Lipinski definition) is 2. The highest BCUT2D eigenvalue weighted by atomic mass is 19.3. The highest BCUT2D eigenvalue weighted by Crippen LogP contribution is 2.39. The van der Waals surface area contributed by atoms with Crippen molar-refractivity contribution < 1.29 is 88.0 Å². The van der Waals surface area contributed by atoms with Gasteiger partial charge in [-0.1, -0.05) is 0 Å². The van der Waals surface area contributed by atoms with Gasteiger partial charge in [-0.25, -0.2) is 4.74 Å². The summed E-state index contributed by atoms with van der Waals surface area (Å²) < 4.78 is 139. The van der Waals surface area contributed by atoms with Crippen LogP contribution in [-0.4, -0.2) is 182 Å². The molecule has 3 N–H and O–H groups in total. The van der Waals surface area contributed by atoms with Crippen LogP contribution in [0.25, 0.3) is 0 Å². The van der Waals surface area contributed by atoms with Gasteiger partial charge in [-0.3, -0.25) is 4.79 Å². The molecule has 0 saturated carbocycles. The minimum atomic E-state index is -5.55. The van der Waals surface area contributed by atoms with Gasteiger partial charge in [0, 0.05) is 20.0 Å². The lowest BCUT2D eigenvalue weighted by Crippen LogP contribution is -2.51. The first-order valence-corrected chi connectivity index (χ1v) is 16.1. The molecule has 0 saturated heterocycles. The molecule has 0 radical (unpaired) electrons. The Balaban J connectivity index is 3.28. The fourth-order valence-corrected chi connectivity index (χ4v) is 3.02. The average molecular weight is 753 g/mol. The van der Waals surface area contributed by atoms with E-state index in [4.69, 9.17) is 57.8 Å². The number of nitrogens with one attached hydrogen (secondary N) is 1. The predicted molar refractivity (Wildman–Crippen MR) is 163 cm³/mol. The van der Waals surface area contributed by atoms with Gasteiger partial charge in [0.1, 0.15) is 0 Å². The Bertz CT molecular complexity index is 778. The van der Waals surface area contributed by atoms with Crippen LogP contribution in [0.3, 0.4) is 0 Å². The zero-order valence-electron chi connectivity index (χ0n) is 28.6. The summed E-state index contributed by atoms with van der Waals surface area (Å²) in [6.07, 6.45) is -10.7. The minimum absolute atomic E-state index is 0.0312. The molecule has 0 aromatic heterocycles. The number of ether oxygens (including phenoxy) is 12. The third-order valence-electron chi connectivity index (χ3n) is 5.55. The summed E-state index contributed by atoms with van der Waals surface area (Å²) in [5.74, 6) is -7.23. The third-order valence-corrected chi connectivity index (χ3v) is 5.55. The molecule has 0 aliphatic heterocycles. The third kappa shape index (κ3) is 30.2. The number of nitrogens with two attached hydrogens (primary N) is 1. The van der Waals surface area contributed by atoms with Gasteiger partial charge in [0.2, 0.25) is 0 Å². The van der Waals surface area contributed by atoms with Crippen molar-refractivity contribution in [1.29, 1.82) is 0 Å². The lowest BCUT2D eigenvalue weighted by atomic mass is 10.3. The molecule has 0 unspecified atom stereocenters. The maximum absolute atomic E-state index is 13.3. The number of carbonyl (C=O) groups is 1. The lowest BCUT2D eigenvalue weighted by Gasteiger charge is -2.26. The second-order valence-corrected chi connectivity index (χ2v) is 9.80. The lowest BCUT2D eigenvalue weighted by molar-refractivity contribution is -0.413. The maximum atomic E-state index is 13.3. The van der Waals surface area contributed by atoms with Crippen LogP contribution in [0.15, 0.2) is 0 Å². The average Bonchev–Trinajstić information content (AvgIpc) is 3.05. The second kappa shape index (κ2) is 32.2. The van der Waals surface area contributed by atoms with E-state index in [9.17, 15) is 31.1 Å². The molecule has 0 heterocycles. The number of amides is 1. The van der Waals surface area contributed by atoms with Crippen molar-refractivity contribution >= 4 is 5.91 Å². The van der Waals surface area contributed by atoms with Gasteiger partial charge < -0.3 is 63.2 Å². The zero-order chi connectivity index (χ0) is 37.2. The van der Waals surface area contributed by atoms with Crippen molar-refractivity contribution in [3.8, 4) is 0 Å². The molecule has 0 aliphatic rings. The minimum Gasteiger partial charge on any atom is -0.378 e. The van der Waals surface area contributed by atoms with Crippen LogP contribution in [0, 0.1) is 0 Å². The monoisotopic (exact) mass is 752 g/mol. The van der Waals surface area contributed by atoms with Gasteiger partial charge in [-0.2, -0.15) is 26.3 Å². The molecular weight excluding hydrogens is 698 g/mol. The SMILES string of the molecule is CC(F)(F)C(F)(F)OC(F)(F)C(=O)NCCOCCOCCOCCOCCOCCOCCOCCOCCOCCOCCOCCN. The van der Waals surface area contributed by atoms with E-state index >= 15 is 0 Å². The van der Waals surface area contributed by atoms with E-state index in [1.165, 1.54) is 0 Å². The molecule has 0 fully saturated rings. The van der Waals surface area contributed by atoms with E-state index in [-0.39, 0.29) is 40.0 Å². The Hall–Kier alpha value is -1.47. The Kier molecular flexibility index (Phi) is 31.3. The molecule has 0 aliphatic carbocycles. The van der Waals surface area contributed by atoms with Crippen molar-refractivity contribution in [3.63, 3.8) is 0 Å². The molecule has 1 amide bonds. The Labute approximate surface area is 288 Å². The highest BCUT2D eigenvalue weighted by molar-refractivity contribution is 5.81. The molecule has 300 valence electrons. The summed E-state index contributed by atoms with van der Waals surface area (Å²) in [5, 5.41) is 1.55. The van der Waals surface area contributed by atoms with Gasteiger partial charge in [-0.05, 0) is 0 Å². The quantitative estimate of drug-likeness (QED) is 0.0678. The van der Waals surface area contributed by atoms with Gasteiger partial charge >= 0.3 is 24.0 Å². The largest absolute Gasteiger partial charge is 0.441 e. The van der Waals surface area contributed by atoms with Gasteiger partial charge in [0.25, 0.3) is 0 Å². The molecule has 0 aromatic rings. The summed E-state index contributed by atoms with van der Waals surface area (Å²) in [6, 6.07) is 0. The fraction of sp³-hybridized carbons (Fsp3) is 0.966. The van der Waals surface area contributed by atoms with E-state index in [0.717, 1.165) is 0 Å². The molecule has 0 spiro atoms. The molecule has 0 aromatic carbocycles. The Morgan fingerprint density at radius 2 is 0.700 bits per heavy atom. The topological polar surface area (TPSA) is 166 Å². The molecule has 0 atom stereocenters. The van der Waals surface area contributed by atoms with Crippen LogP contribution < -0.4 is 11.1 Å². The number of hydrogen-bond acceptors (Lipinski definition) is 14. The van der Waals surface area contributed by atoms with E-state index in [0.29, 0.717) is 119 Å². The van der Waals surface area contributed by atoms with Crippen LogP contribution >= 0.6 is 0 Å². The maximum Gasteiger partial charge on any atom is 0.441 e. The van der Waals surface area contributed by atoms with Crippen LogP contribution in [0.1, 0.15) is 6.92 Å². The number of carbonyl (C=O) groups excluding carboxylic acids is 1. The normalized spacial score (nSPS) is 12.6. The molecule has 50 heavy (non-hydrogen) atoms. The van der Waals surface area contributed by atoms with Crippen LogP contribution in [0.2, 0.25) is 0 Å². The highest BCUT2D eigenvalue weighted by Gasteiger charge is 2.61. The molecule has 15 nitrogen and oxygen atoms in total. The van der Waals surface area contributed by atoms with Crippen LogP contribution in [0.4, 0.5) is 26.3 Å². The first-order valence-electron chi connectivity index (χ1n) is 16.1. The molecule has 0 bridgehead atoms. The van der Waals surface area contributed by atoms with Crippen molar-refractivity contribution in [2.75, 3.05) is 158 Å². The Morgan fingerprint density at radius 1 is 0.460 bits per heavy atom. The van der Waals surface area contributed by atoms with E-state index in [1.807, 2.05) is 0 Å². The first-order chi connectivity index (χ1) is 23.9. The smallest absolute Gasteiger partial charge is 0.378 e. The van der Waals surface area contributed by atoms with Crippen molar-refractivity contribution in [2.45, 2.75) is 25.1 Å². The summed E-state index contributed by atoms with van der Waals surface area (Å²) in [4.78, 5) is 11.3. The van der Waals surface area contributed by atoms with Gasteiger partial charge in [0.05, 0.1) is 145 Å². The number of halogens is 6. The van der Waals surface area contributed by atoms with Crippen LogP contribution in [-0.2, 0) is 61.6 Å². The summed E-state index contributed by atoms with van der Waals surface area (Å²) >= 11 is 0. The standard InChI is InChI=1S/C29H54F6N2O13/c1-27(30,31)29(34,35)50-28(32,33)26(38)37-3-5-40-7-9-42-11-13-44-15-17-46-19-21-48-23-25-49-24-22-47-20-18-45-16-14-43-12-10-41-8-6-39-4-2-36/h2-25,36H2,1H3,(H,37,38). The molecular formula is C29H54F6N2O13. The predicted octanol–water partition coefficient (Wildman–Crippen LogP) is 1.10.